The number of nitrogens with zero attached hydrogens (tertiary/aromatic N) is 5. The molecule has 0 aromatic carbocycles. The van der Waals surface area contributed by atoms with Crippen molar-refractivity contribution in [1.29, 1.82) is 5.26 Å². The fourth-order valence-corrected chi connectivity index (χ4v) is 4.09. The molecule has 1 saturated carbocycles. The summed E-state index contributed by atoms with van der Waals surface area (Å²) in [6, 6.07) is 8.00. The van der Waals surface area contributed by atoms with Gasteiger partial charge in [-0.05, 0) is 25.8 Å². The van der Waals surface area contributed by atoms with Crippen molar-refractivity contribution in [2.75, 3.05) is 38.3 Å². The van der Waals surface area contributed by atoms with Crippen molar-refractivity contribution in [2.24, 2.45) is 0 Å². The summed E-state index contributed by atoms with van der Waals surface area (Å²) in [4.78, 5) is 25.5. The molecule has 1 saturated heterocycles. The Morgan fingerprint density at radius 2 is 2.19 bits per heavy atom. The summed E-state index contributed by atoms with van der Waals surface area (Å²) in [6.07, 6.45) is 6.06. The third kappa shape index (κ3) is 5.00. The van der Waals surface area contributed by atoms with E-state index in [2.05, 4.69) is 16.0 Å². The van der Waals surface area contributed by atoms with Crippen molar-refractivity contribution < 1.29 is 14.3 Å². The third-order valence-electron chi connectivity index (χ3n) is 5.96. The van der Waals surface area contributed by atoms with Crippen LogP contribution >= 0.6 is 0 Å². The molecule has 168 valence electrons. The largest absolute Gasteiger partial charge is 0.487 e. The van der Waals surface area contributed by atoms with Crippen LogP contribution < -0.4 is 9.64 Å². The Bertz CT molecular complexity index is 987. The van der Waals surface area contributed by atoms with Crippen LogP contribution in [0.4, 0.5) is 5.82 Å². The van der Waals surface area contributed by atoms with E-state index in [0.717, 1.165) is 24.1 Å². The number of amides is 1. The zero-order valence-corrected chi connectivity index (χ0v) is 18.7. The molecule has 1 aliphatic carbocycles. The molecule has 1 atom stereocenters. The number of methoxy groups -OCH3 is 1. The molecule has 0 spiro atoms. The summed E-state index contributed by atoms with van der Waals surface area (Å²) >= 11 is 0. The van der Waals surface area contributed by atoms with E-state index in [1.54, 1.807) is 19.5 Å². The summed E-state index contributed by atoms with van der Waals surface area (Å²) in [5.74, 6) is 1.85. The van der Waals surface area contributed by atoms with Gasteiger partial charge in [-0.3, -0.25) is 9.78 Å². The minimum atomic E-state index is 0.0346. The fraction of sp³-hybridized carbons (Fsp3) is 0.500. The van der Waals surface area contributed by atoms with Crippen LogP contribution in [0.15, 0.2) is 30.6 Å². The molecule has 8 nitrogen and oxygen atoms in total. The Labute approximate surface area is 188 Å². The van der Waals surface area contributed by atoms with Gasteiger partial charge in [0.25, 0.3) is 0 Å². The Morgan fingerprint density at radius 1 is 1.34 bits per heavy atom. The van der Waals surface area contributed by atoms with Crippen LogP contribution in [0.1, 0.15) is 48.9 Å². The molecule has 0 radical (unpaired) electrons. The van der Waals surface area contributed by atoms with Crippen LogP contribution in [0.3, 0.4) is 0 Å². The zero-order valence-electron chi connectivity index (χ0n) is 18.7. The summed E-state index contributed by atoms with van der Waals surface area (Å²) in [7, 11) is 1.60. The van der Waals surface area contributed by atoms with Gasteiger partial charge in [-0.15, -0.1) is 0 Å². The monoisotopic (exact) mass is 435 g/mol. The number of hydrogen-bond acceptors (Lipinski definition) is 7. The predicted molar refractivity (Wildman–Crippen MR) is 119 cm³/mol. The van der Waals surface area contributed by atoms with Crippen LogP contribution in [0.25, 0.3) is 0 Å². The number of carbonyl (C=O) groups excluding carboxylic acids is 1. The molecular formula is C24H29N5O3. The minimum absolute atomic E-state index is 0.0346. The Balaban J connectivity index is 1.52. The van der Waals surface area contributed by atoms with Crippen LogP contribution in [0.5, 0.6) is 5.75 Å². The first-order chi connectivity index (χ1) is 15.6. The molecule has 0 N–H and O–H groups in total. The summed E-state index contributed by atoms with van der Waals surface area (Å²) in [5.41, 5.74) is 2.40. The highest BCUT2D eigenvalue weighted by atomic mass is 16.5. The van der Waals surface area contributed by atoms with Gasteiger partial charge in [0.2, 0.25) is 5.91 Å². The smallest absolute Gasteiger partial charge is 0.225 e. The predicted octanol–water partition coefficient (Wildman–Crippen LogP) is 2.88. The highest BCUT2D eigenvalue weighted by molar-refractivity contribution is 5.77. The van der Waals surface area contributed by atoms with Crippen LogP contribution in [-0.2, 0) is 16.1 Å². The fourth-order valence-electron chi connectivity index (χ4n) is 4.09. The van der Waals surface area contributed by atoms with Gasteiger partial charge in [0, 0.05) is 62.7 Å². The van der Waals surface area contributed by atoms with Gasteiger partial charge < -0.3 is 19.3 Å². The maximum atomic E-state index is 12.5. The van der Waals surface area contributed by atoms with Gasteiger partial charge >= 0.3 is 0 Å². The molecule has 2 aliphatic rings. The van der Waals surface area contributed by atoms with E-state index in [4.69, 9.17) is 14.5 Å². The zero-order chi connectivity index (χ0) is 22.5. The van der Waals surface area contributed by atoms with Crippen molar-refractivity contribution >= 4 is 11.7 Å². The van der Waals surface area contributed by atoms with Crippen LogP contribution in [-0.4, -0.2) is 60.2 Å². The van der Waals surface area contributed by atoms with Crippen molar-refractivity contribution in [2.45, 2.75) is 44.8 Å². The lowest BCUT2D eigenvalue weighted by molar-refractivity contribution is -0.134. The van der Waals surface area contributed by atoms with Gasteiger partial charge in [-0.1, -0.05) is 6.07 Å². The molecule has 1 amide bonds. The number of ether oxygens (including phenoxy) is 2. The van der Waals surface area contributed by atoms with E-state index in [9.17, 15) is 10.1 Å². The first kappa shape index (κ1) is 22.0. The maximum absolute atomic E-state index is 12.5. The molecule has 8 heteroatoms. The maximum Gasteiger partial charge on any atom is 0.225 e. The normalized spacial score (nSPS) is 18.3. The molecule has 0 bridgehead atoms. The van der Waals surface area contributed by atoms with Crippen LogP contribution in [0.2, 0.25) is 0 Å². The number of pyridine rings is 2. The number of aromatic nitrogens is 2. The molecular weight excluding hydrogens is 406 g/mol. The average molecular weight is 436 g/mol. The Morgan fingerprint density at radius 3 is 2.84 bits per heavy atom. The van der Waals surface area contributed by atoms with Crippen LogP contribution in [0, 0.1) is 11.3 Å². The van der Waals surface area contributed by atoms with E-state index >= 15 is 0 Å². The highest BCUT2D eigenvalue weighted by Gasteiger charge is 2.33. The van der Waals surface area contributed by atoms with Crippen molar-refractivity contribution in [1.82, 2.24) is 14.9 Å². The Hall–Kier alpha value is -3.18. The molecule has 4 rings (SSSR count). The van der Waals surface area contributed by atoms with E-state index < -0.39 is 0 Å². The average Bonchev–Trinajstić information content (AvgIpc) is 3.66. The molecule has 2 aromatic rings. The SMILES string of the molecule is COCCC(=O)N1CCN(c2nc(C3CC3)c(OCc3cccnc3)cc2C#N)CC1C. The minimum Gasteiger partial charge on any atom is -0.487 e. The highest BCUT2D eigenvalue weighted by Crippen LogP contribution is 2.45. The summed E-state index contributed by atoms with van der Waals surface area (Å²) in [5, 5.41) is 9.85. The molecule has 1 unspecified atom stereocenters. The number of piperazine rings is 1. The molecule has 32 heavy (non-hydrogen) atoms. The second kappa shape index (κ2) is 9.96. The number of rotatable bonds is 8. The van der Waals surface area contributed by atoms with Gasteiger partial charge in [0.1, 0.15) is 24.2 Å². The lowest BCUT2D eigenvalue weighted by Gasteiger charge is -2.40. The number of anilines is 1. The van der Waals surface area contributed by atoms with Crippen molar-refractivity contribution in [3.63, 3.8) is 0 Å². The summed E-state index contributed by atoms with van der Waals surface area (Å²) in [6.45, 7) is 4.74. The van der Waals surface area contributed by atoms with Gasteiger partial charge in [-0.25, -0.2) is 4.98 Å². The number of carbonyl (C=O) groups is 1. The summed E-state index contributed by atoms with van der Waals surface area (Å²) < 4.78 is 11.1. The van der Waals surface area contributed by atoms with E-state index in [0.29, 0.717) is 62.3 Å². The van der Waals surface area contributed by atoms with Gasteiger partial charge in [0.05, 0.1) is 24.3 Å². The number of hydrogen-bond donors (Lipinski definition) is 0. The molecule has 2 fully saturated rings. The molecule has 2 aromatic heterocycles. The third-order valence-corrected chi connectivity index (χ3v) is 5.96. The first-order valence-corrected chi connectivity index (χ1v) is 11.1. The lowest BCUT2D eigenvalue weighted by atomic mass is 10.1. The number of nitriles is 1. The van der Waals surface area contributed by atoms with Gasteiger partial charge in [-0.2, -0.15) is 5.26 Å². The van der Waals surface area contributed by atoms with E-state index in [1.807, 2.05) is 30.0 Å². The Kier molecular flexibility index (Phi) is 6.86. The quantitative estimate of drug-likeness (QED) is 0.630. The first-order valence-electron chi connectivity index (χ1n) is 11.1. The topological polar surface area (TPSA) is 91.6 Å². The van der Waals surface area contributed by atoms with E-state index in [-0.39, 0.29) is 11.9 Å². The van der Waals surface area contributed by atoms with E-state index in [1.165, 1.54) is 0 Å². The molecule has 1 aliphatic heterocycles. The molecule has 3 heterocycles. The standard InChI is InChI=1S/C24H29N5O3/c1-17-15-28(9-10-29(17)22(30)7-11-31-2)24-20(13-25)12-21(23(27-24)19-5-6-19)32-16-18-4-3-8-26-14-18/h3-4,8,12,14,17,19H,5-7,9-11,15-16H2,1-2H3. The van der Waals surface area contributed by atoms with Crippen molar-refractivity contribution in [3.8, 4) is 11.8 Å². The van der Waals surface area contributed by atoms with Gasteiger partial charge in [0.15, 0.2) is 0 Å². The second-order valence-electron chi connectivity index (χ2n) is 8.40. The van der Waals surface area contributed by atoms with Crippen molar-refractivity contribution in [3.05, 3.63) is 47.4 Å². The lowest BCUT2D eigenvalue weighted by Crippen LogP contribution is -2.54. The second-order valence-corrected chi connectivity index (χ2v) is 8.40.